The third kappa shape index (κ3) is 1.54. The summed E-state index contributed by atoms with van der Waals surface area (Å²) in [6, 6.07) is 8.19. The van der Waals surface area contributed by atoms with Gasteiger partial charge in [-0.1, -0.05) is 6.07 Å². The molecule has 0 aliphatic carbocycles. The van der Waals surface area contributed by atoms with Gasteiger partial charge in [-0.25, -0.2) is 0 Å². The van der Waals surface area contributed by atoms with Crippen LogP contribution in [0.3, 0.4) is 0 Å². The molecule has 0 amide bonds. The first-order valence-corrected chi connectivity index (χ1v) is 4.68. The van der Waals surface area contributed by atoms with E-state index in [2.05, 4.69) is 30.6 Å². The minimum Gasteiger partial charge on any atom is -0.253 e. The number of benzene rings is 1. The Balaban J connectivity index is 2.87. The molecule has 0 saturated heterocycles. The zero-order valence-electron chi connectivity index (χ0n) is 7.70. The van der Waals surface area contributed by atoms with Gasteiger partial charge in [-0.2, -0.15) is 0 Å². The second-order valence-electron chi connectivity index (χ2n) is 3.29. The lowest BCUT2D eigenvalue weighted by molar-refractivity contribution is 1.23. The van der Waals surface area contributed by atoms with Crippen LogP contribution in [-0.2, 0) is 0 Å². The molecule has 1 heterocycles. The normalized spacial score (nSPS) is 10.7. The van der Waals surface area contributed by atoms with Crippen LogP contribution in [0.5, 0.6) is 0 Å². The topological polar surface area (TPSA) is 12.9 Å². The Bertz CT molecular complexity index is 463. The quantitative estimate of drug-likeness (QED) is 0.628. The van der Waals surface area contributed by atoms with Crippen LogP contribution in [0, 0.1) is 13.8 Å². The number of aromatic nitrogens is 1. The number of thiol groups is 1. The molecule has 0 unspecified atom stereocenters. The van der Waals surface area contributed by atoms with Crippen molar-refractivity contribution in [3.05, 3.63) is 35.5 Å². The summed E-state index contributed by atoms with van der Waals surface area (Å²) in [6.45, 7) is 4.07. The maximum atomic E-state index is 4.48. The van der Waals surface area contributed by atoms with E-state index in [1.807, 2.05) is 25.1 Å². The van der Waals surface area contributed by atoms with Crippen LogP contribution < -0.4 is 0 Å². The average molecular weight is 189 g/mol. The van der Waals surface area contributed by atoms with E-state index in [4.69, 9.17) is 0 Å². The van der Waals surface area contributed by atoms with Gasteiger partial charge in [-0.3, -0.25) is 4.98 Å². The van der Waals surface area contributed by atoms with Crippen LogP contribution in [0.15, 0.2) is 29.2 Å². The van der Waals surface area contributed by atoms with Gasteiger partial charge >= 0.3 is 0 Å². The van der Waals surface area contributed by atoms with E-state index in [9.17, 15) is 0 Å². The standard InChI is InChI=1S/C11H11NS/c1-7-5-10(13)6-9-4-3-8(2)12-11(7)9/h3-6,13H,1-2H3. The molecule has 2 heteroatoms. The van der Waals surface area contributed by atoms with Crippen molar-refractivity contribution in [2.24, 2.45) is 0 Å². The van der Waals surface area contributed by atoms with Gasteiger partial charge in [0.1, 0.15) is 0 Å². The summed E-state index contributed by atoms with van der Waals surface area (Å²) in [4.78, 5) is 5.48. The molecule has 0 radical (unpaired) electrons. The number of hydrogen-bond acceptors (Lipinski definition) is 2. The van der Waals surface area contributed by atoms with Crippen molar-refractivity contribution in [3.63, 3.8) is 0 Å². The summed E-state index contributed by atoms with van der Waals surface area (Å²) in [5.74, 6) is 0. The summed E-state index contributed by atoms with van der Waals surface area (Å²) in [7, 11) is 0. The van der Waals surface area contributed by atoms with Gasteiger partial charge < -0.3 is 0 Å². The lowest BCUT2D eigenvalue weighted by Gasteiger charge is -2.03. The fourth-order valence-electron chi connectivity index (χ4n) is 1.49. The largest absolute Gasteiger partial charge is 0.253 e. The van der Waals surface area contributed by atoms with E-state index in [1.54, 1.807) is 0 Å². The zero-order valence-corrected chi connectivity index (χ0v) is 8.60. The first-order chi connectivity index (χ1) is 6.16. The maximum absolute atomic E-state index is 4.48. The van der Waals surface area contributed by atoms with E-state index >= 15 is 0 Å². The highest BCUT2D eigenvalue weighted by atomic mass is 32.1. The molecule has 0 bridgehead atoms. The van der Waals surface area contributed by atoms with Crippen LogP contribution in [0.2, 0.25) is 0 Å². The number of rotatable bonds is 0. The molecular formula is C11H11NS. The molecule has 0 fully saturated rings. The van der Waals surface area contributed by atoms with E-state index in [0.29, 0.717) is 0 Å². The molecule has 0 N–H and O–H groups in total. The molecule has 13 heavy (non-hydrogen) atoms. The third-order valence-corrected chi connectivity index (χ3v) is 2.37. The van der Waals surface area contributed by atoms with Crippen molar-refractivity contribution in [1.29, 1.82) is 0 Å². The predicted octanol–water partition coefficient (Wildman–Crippen LogP) is 3.14. The van der Waals surface area contributed by atoms with Crippen LogP contribution in [0.25, 0.3) is 10.9 Å². The Morgan fingerprint density at radius 2 is 1.92 bits per heavy atom. The second-order valence-corrected chi connectivity index (χ2v) is 3.80. The molecule has 0 aliphatic rings. The fraction of sp³-hybridized carbons (Fsp3) is 0.182. The summed E-state index contributed by atoms with van der Waals surface area (Å²) >= 11 is 4.33. The van der Waals surface area contributed by atoms with Crippen molar-refractivity contribution < 1.29 is 0 Å². The smallest absolute Gasteiger partial charge is 0.0735 e. The Morgan fingerprint density at radius 1 is 1.15 bits per heavy atom. The lowest BCUT2D eigenvalue weighted by atomic mass is 10.1. The molecule has 0 spiro atoms. The van der Waals surface area contributed by atoms with Gasteiger partial charge in [-0.05, 0) is 37.6 Å². The van der Waals surface area contributed by atoms with Crippen molar-refractivity contribution in [3.8, 4) is 0 Å². The number of pyridine rings is 1. The van der Waals surface area contributed by atoms with Gasteiger partial charge in [0.25, 0.3) is 0 Å². The van der Waals surface area contributed by atoms with Crippen LogP contribution in [-0.4, -0.2) is 4.98 Å². The molecule has 1 nitrogen and oxygen atoms in total. The van der Waals surface area contributed by atoms with Gasteiger partial charge in [0.05, 0.1) is 5.52 Å². The molecule has 66 valence electrons. The molecule has 1 aromatic heterocycles. The summed E-state index contributed by atoms with van der Waals surface area (Å²) in [5.41, 5.74) is 3.33. The van der Waals surface area contributed by atoms with E-state index < -0.39 is 0 Å². The molecule has 0 saturated carbocycles. The second kappa shape index (κ2) is 3.04. The molecule has 1 aromatic carbocycles. The van der Waals surface area contributed by atoms with E-state index in [0.717, 1.165) is 21.5 Å². The summed E-state index contributed by atoms with van der Waals surface area (Å²) in [5, 5.41) is 1.16. The monoisotopic (exact) mass is 189 g/mol. The van der Waals surface area contributed by atoms with Crippen molar-refractivity contribution in [2.45, 2.75) is 18.7 Å². The third-order valence-electron chi connectivity index (χ3n) is 2.11. The minimum atomic E-state index is 0.996. The Labute approximate surface area is 83.2 Å². The molecule has 0 aliphatic heterocycles. The maximum Gasteiger partial charge on any atom is 0.0735 e. The summed E-state index contributed by atoms with van der Waals surface area (Å²) in [6.07, 6.45) is 0. The van der Waals surface area contributed by atoms with Gasteiger partial charge in [-0.15, -0.1) is 12.6 Å². The first-order valence-electron chi connectivity index (χ1n) is 4.24. The highest BCUT2D eigenvalue weighted by Crippen LogP contribution is 2.20. The predicted molar refractivity (Wildman–Crippen MR) is 58.5 cm³/mol. The van der Waals surface area contributed by atoms with Crippen molar-refractivity contribution in [2.75, 3.05) is 0 Å². The minimum absolute atomic E-state index is 0.996. The molecule has 2 rings (SSSR count). The molecule has 0 atom stereocenters. The first kappa shape index (κ1) is 8.57. The highest BCUT2D eigenvalue weighted by molar-refractivity contribution is 7.80. The number of hydrogen-bond donors (Lipinski definition) is 1. The van der Waals surface area contributed by atoms with Gasteiger partial charge in [0.15, 0.2) is 0 Å². The fourth-order valence-corrected chi connectivity index (χ4v) is 1.82. The number of nitrogens with zero attached hydrogens (tertiary/aromatic N) is 1. The Morgan fingerprint density at radius 3 is 2.69 bits per heavy atom. The number of aryl methyl sites for hydroxylation is 2. The van der Waals surface area contributed by atoms with Crippen LogP contribution in [0.4, 0.5) is 0 Å². The molecule has 2 aromatic rings. The van der Waals surface area contributed by atoms with Crippen LogP contribution >= 0.6 is 12.6 Å². The molecular weight excluding hydrogens is 178 g/mol. The average Bonchev–Trinajstić information content (AvgIpc) is 2.06. The summed E-state index contributed by atoms with van der Waals surface area (Å²) < 4.78 is 0. The Hall–Kier alpha value is -1.02. The Kier molecular flexibility index (Phi) is 2.00. The van der Waals surface area contributed by atoms with E-state index in [-0.39, 0.29) is 0 Å². The van der Waals surface area contributed by atoms with E-state index in [1.165, 1.54) is 5.56 Å². The zero-order chi connectivity index (χ0) is 9.42. The van der Waals surface area contributed by atoms with Crippen molar-refractivity contribution in [1.82, 2.24) is 4.98 Å². The van der Waals surface area contributed by atoms with Crippen molar-refractivity contribution >= 4 is 23.5 Å². The van der Waals surface area contributed by atoms with Gasteiger partial charge in [0, 0.05) is 16.0 Å². The van der Waals surface area contributed by atoms with Crippen LogP contribution in [0.1, 0.15) is 11.3 Å². The lowest BCUT2D eigenvalue weighted by Crippen LogP contribution is -1.86. The highest BCUT2D eigenvalue weighted by Gasteiger charge is 1.99. The van der Waals surface area contributed by atoms with Gasteiger partial charge in [0.2, 0.25) is 0 Å². The SMILES string of the molecule is Cc1ccc2cc(S)cc(C)c2n1. The number of fused-ring (bicyclic) bond motifs is 1.